The highest BCUT2D eigenvalue weighted by Crippen LogP contribution is 2.27. The van der Waals surface area contributed by atoms with Gasteiger partial charge in [0, 0.05) is 29.3 Å². The van der Waals surface area contributed by atoms with Crippen LogP contribution in [-0.4, -0.2) is 18.6 Å². The average Bonchev–Trinajstić information content (AvgIpc) is 2.95. The molecule has 0 spiro atoms. The molecule has 2 aromatic rings. The highest BCUT2D eigenvalue weighted by Gasteiger charge is 2.14. The van der Waals surface area contributed by atoms with Crippen LogP contribution in [0.2, 0.25) is 0 Å². The number of hydrogen-bond donors (Lipinski definition) is 1. The van der Waals surface area contributed by atoms with Crippen molar-refractivity contribution in [3.63, 3.8) is 0 Å². The summed E-state index contributed by atoms with van der Waals surface area (Å²) in [5.41, 5.74) is 3.94. The summed E-state index contributed by atoms with van der Waals surface area (Å²) in [5.74, 6) is 1.06. The molecule has 1 aromatic heterocycles. The Morgan fingerprint density at radius 3 is 3.05 bits per heavy atom. The number of halogens is 1. The van der Waals surface area contributed by atoms with Gasteiger partial charge in [-0.2, -0.15) is 0 Å². The minimum absolute atomic E-state index is 0.319. The Balaban J connectivity index is 1.68. The molecule has 3 rings (SSSR count). The van der Waals surface area contributed by atoms with E-state index in [-0.39, 0.29) is 0 Å². The highest BCUT2D eigenvalue weighted by atomic mass is 79.9. The summed E-state index contributed by atoms with van der Waals surface area (Å²) in [5, 5.41) is 3.38. The van der Waals surface area contributed by atoms with Crippen LogP contribution in [0, 0.1) is 0 Å². The molecule has 1 aliphatic rings. The van der Waals surface area contributed by atoms with Crippen molar-refractivity contribution < 1.29 is 4.74 Å². The third-order valence-corrected chi connectivity index (χ3v) is 4.39. The largest absolute Gasteiger partial charge is 0.493 e. The molecule has 1 N–H and O–H groups in total. The van der Waals surface area contributed by atoms with E-state index in [1.54, 1.807) is 0 Å². The van der Waals surface area contributed by atoms with Gasteiger partial charge in [0.25, 0.3) is 0 Å². The minimum atomic E-state index is 0.319. The molecule has 0 radical (unpaired) electrons. The standard InChI is InChI=1S/C17H19BrN2O/c1-19-16(14-9-15(18)11-20-10-14)4-2-12-3-5-17-13(8-12)6-7-21-17/h3,5,8-11,16,19H,2,4,6-7H2,1H3. The topological polar surface area (TPSA) is 34.1 Å². The van der Waals surface area contributed by atoms with Crippen LogP contribution in [0.25, 0.3) is 0 Å². The number of nitrogens with one attached hydrogen (secondary N) is 1. The molecule has 21 heavy (non-hydrogen) atoms. The van der Waals surface area contributed by atoms with E-state index in [4.69, 9.17) is 4.74 Å². The summed E-state index contributed by atoms with van der Waals surface area (Å²) in [7, 11) is 2.00. The molecule has 110 valence electrons. The van der Waals surface area contributed by atoms with Gasteiger partial charge in [0.1, 0.15) is 5.75 Å². The second kappa shape index (κ2) is 6.58. The fourth-order valence-corrected chi connectivity index (χ4v) is 3.19. The lowest BCUT2D eigenvalue weighted by Crippen LogP contribution is -2.17. The van der Waals surface area contributed by atoms with E-state index in [1.165, 1.54) is 16.7 Å². The minimum Gasteiger partial charge on any atom is -0.493 e. The first-order valence-electron chi connectivity index (χ1n) is 7.28. The number of rotatable bonds is 5. The smallest absolute Gasteiger partial charge is 0.122 e. The Morgan fingerprint density at radius 2 is 2.24 bits per heavy atom. The van der Waals surface area contributed by atoms with E-state index in [1.807, 2.05) is 19.4 Å². The fourth-order valence-electron chi connectivity index (χ4n) is 2.80. The molecule has 4 heteroatoms. The maximum absolute atomic E-state index is 5.56. The van der Waals surface area contributed by atoms with Crippen LogP contribution in [0.5, 0.6) is 5.75 Å². The first kappa shape index (κ1) is 14.5. The van der Waals surface area contributed by atoms with Gasteiger partial charge in [-0.15, -0.1) is 0 Å². The SMILES string of the molecule is CNC(CCc1ccc2c(c1)CCO2)c1cncc(Br)c1. The molecular weight excluding hydrogens is 328 g/mol. The summed E-state index contributed by atoms with van der Waals surface area (Å²) in [6.45, 7) is 0.821. The Hall–Kier alpha value is -1.39. The summed E-state index contributed by atoms with van der Waals surface area (Å²) in [6, 6.07) is 9.02. The van der Waals surface area contributed by atoms with Crippen molar-refractivity contribution >= 4 is 15.9 Å². The van der Waals surface area contributed by atoms with Crippen LogP contribution in [-0.2, 0) is 12.8 Å². The lowest BCUT2D eigenvalue weighted by molar-refractivity contribution is 0.357. The van der Waals surface area contributed by atoms with Gasteiger partial charge in [-0.1, -0.05) is 12.1 Å². The zero-order valence-electron chi connectivity index (χ0n) is 12.1. The van der Waals surface area contributed by atoms with Gasteiger partial charge in [0.2, 0.25) is 0 Å². The predicted molar refractivity (Wildman–Crippen MR) is 87.7 cm³/mol. The number of hydrogen-bond acceptors (Lipinski definition) is 3. The van der Waals surface area contributed by atoms with Gasteiger partial charge >= 0.3 is 0 Å². The van der Waals surface area contributed by atoms with Crippen LogP contribution >= 0.6 is 15.9 Å². The Morgan fingerprint density at radius 1 is 1.33 bits per heavy atom. The van der Waals surface area contributed by atoms with E-state index < -0.39 is 0 Å². The van der Waals surface area contributed by atoms with Crippen molar-refractivity contribution in [3.05, 3.63) is 57.8 Å². The predicted octanol–water partition coefficient (Wildman–Crippen LogP) is 3.67. The zero-order valence-corrected chi connectivity index (χ0v) is 13.7. The molecule has 1 atom stereocenters. The number of benzene rings is 1. The molecule has 0 saturated carbocycles. The number of aryl methyl sites for hydroxylation is 1. The first-order chi connectivity index (χ1) is 10.3. The van der Waals surface area contributed by atoms with Crippen LogP contribution in [0.3, 0.4) is 0 Å². The maximum Gasteiger partial charge on any atom is 0.122 e. The summed E-state index contributed by atoms with van der Waals surface area (Å²) >= 11 is 3.49. The third-order valence-electron chi connectivity index (χ3n) is 3.95. The van der Waals surface area contributed by atoms with Crippen molar-refractivity contribution in [2.75, 3.05) is 13.7 Å². The summed E-state index contributed by atoms with van der Waals surface area (Å²) in [6.07, 6.45) is 6.88. The summed E-state index contributed by atoms with van der Waals surface area (Å²) in [4.78, 5) is 4.25. The molecule has 0 bridgehead atoms. The molecule has 0 amide bonds. The lowest BCUT2D eigenvalue weighted by atomic mass is 9.99. The quantitative estimate of drug-likeness (QED) is 0.896. The number of aromatic nitrogens is 1. The van der Waals surface area contributed by atoms with Crippen molar-refractivity contribution in [3.8, 4) is 5.75 Å². The van der Waals surface area contributed by atoms with E-state index >= 15 is 0 Å². The Kier molecular flexibility index (Phi) is 4.56. The Labute approximate surface area is 133 Å². The third kappa shape index (κ3) is 3.44. The number of fused-ring (bicyclic) bond motifs is 1. The van der Waals surface area contributed by atoms with Crippen molar-refractivity contribution in [2.45, 2.75) is 25.3 Å². The second-order valence-corrected chi connectivity index (χ2v) is 6.27. The van der Waals surface area contributed by atoms with Gasteiger partial charge in [-0.25, -0.2) is 0 Å². The zero-order chi connectivity index (χ0) is 14.7. The fraction of sp³-hybridized carbons (Fsp3) is 0.353. The molecule has 1 aromatic carbocycles. The maximum atomic E-state index is 5.56. The van der Waals surface area contributed by atoms with Gasteiger partial charge in [0.05, 0.1) is 6.61 Å². The van der Waals surface area contributed by atoms with Crippen LogP contribution in [0.4, 0.5) is 0 Å². The van der Waals surface area contributed by atoms with Crippen LogP contribution < -0.4 is 10.1 Å². The summed E-state index contributed by atoms with van der Waals surface area (Å²) < 4.78 is 6.58. The van der Waals surface area contributed by atoms with E-state index in [2.05, 4.69) is 50.5 Å². The monoisotopic (exact) mass is 346 g/mol. The molecule has 1 aliphatic heterocycles. The normalized spacial score (nSPS) is 14.6. The molecule has 3 nitrogen and oxygen atoms in total. The van der Waals surface area contributed by atoms with Crippen LogP contribution in [0.15, 0.2) is 41.1 Å². The molecule has 1 unspecified atom stereocenters. The first-order valence-corrected chi connectivity index (χ1v) is 8.08. The Bertz CT molecular complexity index is 630. The molecule has 0 fully saturated rings. The molecule has 0 aliphatic carbocycles. The molecular formula is C17H19BrN2O. The average molecular weight is 347 g/mol. The van der Waals surface area contributed by atoms with Crippen molar-refractivity contribution in [1.29, 1.82) is 0 Å². The lowest BCUT2D eigenvalue weighted by Gasteiger charge is -2.16. The number of ether oxygens (including phenoxy) is 1. The van der Waals surface area contributed by atoms with Gasteiger partial charge in [0.15, 0.2) is 0 Å². The van der Waals surface area contributed by atoms with Crippen molar-refractivity contribution in [2.24, 2.45) is 0 Å². The van der Waals surface area contributed by atoms with Crippen LogP contribution in [0.1, 0.15) is 29.2 Å². The van der Waals surface area contributed by atoms with Gasteiger partial charge in [-0.3, -0.25) is 4.98 Å². The van der Waals surface area contributed by atoms with Gasteiger partial charge < -0.3 is 10.1 Å². The van der Waals surface area contributed by atoms with Crippen molar-refractivity contribution in [1.82, 2.24) is 10.3 Å². The molecule has 2 heterocycles. The van der Waals surface area contributed by atoms with Gasteiger partial charge in [-0.05, 0) is 64.6 Å². The van der Waals surface area contributed by atoms with E-state index in [0.29, 0.717) is 6.04 Å². The van der Waals surface area contributed by atoms with E-state index in [9.17, 15) is 0 Å². The number of nitrogens with zero attached hydrogens (tertiary/aromatic N) is 1. The van der Waals surface area contributed by atoms with E-state index in [0.717, 1.165) is 36.1 Å². The molecule has 0 saturated heterocycles. The highest BCUT2D eigenvalue weighted by molar-refractivity contribution is 9.10. The number of pyridine rings is 1. The second-order valence-electron chi connectivity index (χ2n) is 5.36.